The van der Waals surface area contributed by atoms with Crippen molar-refractivity contribution < 1.29 is 19.1 Å². The third-order valence-corrected chi connectivity index (χ3v) is 6.17. The van der Waals surface area contributed by atoms with Gasteiger partial charge in [0.05, 0.1) is 26.8 Å². The molecule has 3 heterocycles. The van der Waals surface area contributed by atoms with Crippen LogP contribution in [0.3, 0.4) is 0 Å². The standard InChI is InChI=1S/C22H29N5O4/c1-6-31-12-11-25-20(28)18-19(24(4)22(25)29)23-21-26(14(2)15(3)27(18)21)13-16-7-9-17(30-5)10-8-16/h7-10,18-19H,6,11-13H2,1-5H3. The highest BCUT2D eigenvalue weighted by Gasteiger charge is 2.55. The number of nitrogens with zero attached hydrogens (tertiary/aromatic N) is 5. The second-order valence-electron chi connectivity index (χ2n) is 7.84. The van der Waals surface area contributed by atoms with Crippen molar-refractivity contribution in [2.75, 3.05) is 33.9 Å². The maximum absolute atomic E-state index is 13.3. The van der Waals surface area contributed by atoms with Gasteiger partial charge in [0.1, 0.15) is 5.75 Å². The predicted octanol–water partition coefficient (Wildman–Crippen LogP) is 2.06. The lowest BCUT2D eigenvalue weighted by atomic mass is 10.1. The van der Waals surface area contributed by atoms with E-state index in [-0.39, 0.29) is 18.5 Å². The van der Waals surface area contributed by atoms with Gasteiger partial charge in [0.25, 0.3) is 5.91 Å². The number of guanidine groups is 1. The van der Waals surface area contributed by atoms with Crippen LogP contribution in [0, 0.1) is 0 Å². The van der Waals surface area contributed by atoms with Gasteiger partial charge in [0.2, 0.25) is 5.96 Å². The zero-order chi connectivity index (χ0) is 22.3. The number of allylic oxidation sites excluding steroid dienone is 2. The van der Waals surface area contributed by atoms with E-state index in [0.717, 1.165) is 22.7 Å². The summed E-state index contributed by atoms with van der Waals surface area (Å²) in [6.07, 6.45) is -0.542. The number of urea groups is 1. The highest BCUT2D eigenvalue weighted by Crippen LogP contribution is 2.38. The Labute approximate surface area is 182 Å². The van der Waals surface area contributed by atoms with E-state index in [1.807, 2.05) is 49.9 Å². The maximum atomic E-state index is 13.3. The van der Waals surface area contributed by atoms with Crippen molar-refractivity contribution in [2.24, 2.45) is 4.99 Å². The summed E-state index contributed by atoms with van der Waals surface area (Å²) in [5.41, 5.74) is 3.11. The fraction of sp³-hybridized carbons (Fsp3) is 0.500. The molecule has 3 aliphatic heterocycles. The minimum atomic E-state index is -0.560. The largest absolute Gasteiger partial charge is 0.497 e. The molecule has 9 heteroatoms. The van der Waals surface area contributed by atoms with Crippen LogP contribution in [0.4, 0.5) is 4.79 Å². The first-order valence-electron chi connectivity index (χ1n) is 10.5. The fourth-order valence-corrected chi connectivity index (χ4v) is 4.29. The van der Waals surface area contributed by atoms with Crippen molar-refractivity contribution in [3.05, 3.63) is 41.2 Å². The summed E-state index contributed by atoms with van der Waals surface area (Å²) >= 11 is 0. The van der Waals surface area contributed by atoms with Gasteiger partial charge < -0.3 is 19.3 Å². The molecular formula is C22H29N5O4. The number of rotatable bonds is 7. The number of methoxy groups -OCH3 is 1. The van der Waals surface area contributed by atoms with Gasteiger partial charge in [-0.3, -0.25) is 14.6 Å². The Hall–Kier alpha value is -3.07. The Kier molecular flexibility index (Phi) is 5.62. The number of hydrogen-bond donors (Lipinski definition) is 0. The van der Waals surface area contributed by atoms with Gasteiger partial charge in [-0.05, 0) is 38.5 Å². The van der Waals surface area contributed by atoms with Crippen molar-refractivity contribution >= 4 is 17.9 Å². The molecule has 3 aliphatic rings. The predicted molar refractivity (Wildman–Crippen MR) is 115 cm³/mol. The number of fused-ring (bicyclic) bond motifs is 3. The molecule has 9 nitrogen and oxygen atoms in total. The zero-order valence-corrected chi connectivity index (χ0v) is 18.7. The quantitative estimate of drug-likeness (QED) is 0.620. The first-order valence-corrected chi connectivity index (χ1v) is 10.5. The van der Waals surface area contributed by atoms with Crippen LogP contribution in [0.5, 0.6) is 5.75 Å². The molecule has 0 saturated carbocycles. The van der Waals surface area contributed by atoms with E-state index >= 15 is 0 Å². The molecule has 0 spiro atoms. The van der Waals surface area contributed by atoms with Crippen molar-refractivity contribution in [3.63, 3.8) is 0 Å². The van der Waals surface area contributed by atoms with Gasteiger partial charge >= 0.3 is 6.03 Å². The van der Waals surface area contributed by atoms with E-state index in [1.54, 1.807) is 19.1 Å². The van der Waals surface area contributed by atoms with Crippen molar-refractivity contribution in [3.8, 4) is 5.75 Å². The van der Waals surface area contributed by atoms with Gasteiger partial charge in [-0.15, -0.1) is 0 Å². The molecule has 4 rings (SSSR count). The summed E-state index contributed by atoms with van der Waals surface area (Å²) in [7, 11) is 3.34. The van der Waals surface area contributed by atoms with Crippen LogP contribution in [0.1, 0.15) is 26.3 Å². The Bertz CT molecular complexity index is 942. The first-order chi connectivity index (χ1) is 14.9. The van der Waals surface area contributed by atoms with E-state index in [0.29, 0.717) is 25.7 Å². The summed E-state index contributed by atoms with van der Waals surface area (Å²) in [4.78, 5) is 37.9. The third kappa shape index (κ3) is 3.42. The fourth-order valence-electron chi connectivity index (χ4n) is 4.29. The number of carbonyl (C=O) groups is 2. The zero-order valence-electron chi connectivity index (χ0n) is 18.7. The molecule has 2 atom stereocenters. The average Bonchev–Trinajstić information content (AvgIpc) is 3.27. The van der Waals surface area contributed by atoms with Crippen LogP contribution < -0.4 is 4.74 Å². The molecule has 1 aromatic carbocycles. The normalized spacial score (nSPS) is 22.9. The Morgan fingerprint density at radius 1 is 1.06 bits per heavy atom. The summed E-state index contributed by atoms with van der Waals surface area (Å²) < 4.78 is 10.6. The number of benzene rings is 1. The molecule has 2 unspecified atom stereocenters. The van der Waals surface area contributed by atoms with Gasteiger partial charge in [0, 0.05) is 25.0 Å². The average molecular weight is 428 g/mol. The van der Waals surface area contributed by atoms with E-state index in [4.69, 9.17) is 14.5 Å². The number of ether oxygens (including phenoxy) is 2. The molecular weight excluding hydrogens is 398 g/mol. The third-order valence-electron chi connectivity index (χ3n) is 6.17. The van der Waals surface area contributed by atoms with Gasteiger partial charge in [-0.25, -0.2) is 9.79 Å². The lowest BCUT2D eigenvalue weighted by molar-refractivity contribution is -0.137. The van der Waals surface area contributed by atoms with Gasteiger partial charge in [0.15, 0.2) is 12.2 Å². The monoisotopic (exact) mass is 427 g/mol. The molecule has 0 bridgehead atoms. The summed E-state index contributed by atoms with van der Waals surface area (Å²) in [6.45, 7) is 7.63. The molecule has 0 aliphatic carbocycles. The Morgan fingerprint density at radius 3 is 2.42 bits per heavy atom. The highest BCUT2D eigenvalue weighted by molar-refractivity contribution is 6.05. The second-order valence-corrected chi connectivity index (χ2v) is 7.84. The molecule has 3 amide bonds. The number of amides is 3. The van der Waals surface area contributed by atoms with Crippen molar-refractivity contribution in [1.29, 1.82) is 0 Å². The van der Waals surface area contributed by atoms with Gasteiger partial charge in [-0.1, -0.05) is 12.1 Å². The minimum absolute atomic E-state index is 0.231. The lowest BCUT2D eigenvalue weighted by Crippen LogP contribution is -2.65. The summed E-state index contributed by atoms with van der Waals surface area (Å²) in [5.74, 6) is 1.28. The maximum Gasteiger partial charge on any atom is 0.328 e. The molecule has 1 fully saturated rings. The van der Waals surface area contributed by atoms with Crippen LogP contribution in [-0.2, 0) is 16.1 Å². The lowest BCUT2D eigenvalue weighted by Gasteiger charge is -2.40. The second kappa shape index (κ2) is 8.22. The highest BCUT2D eigenvalue weighted by atomic mass is 16.5. The number of hydrogen-bond acceptors (Lipinski definition) is 7. The van der Waals surface area contributed by atoms with Crippen LogP contribution in [-0.4, -0.2) is 83.6 Å². The van der Waals surface area contributed by atoms with Crippen molar-refractivity contribution in [1.82, 2.24) is 19.6 Å². The molecule has 1 aromatic rings. The molecule has 1 saturated heterocycles. The van der Waals surface area contributed by atoms with E-state index < -0.39 is 12.2 Å². The Morgan fingerprint density at radius 2 is 1.77 bits per heavy atom. The molecule has 166 valence electrons. The number of aliphatic imine (C=N–C) groups is 1. The smallest absolute Gasteiger partial charge is 0.328 e. The van der Waals surface area contributed by atoms with Crippen LogP contribution in [0.25, 0.3) is 0 Å². The number of likely N-dealkylation sites (N-methyl/N-ethyl adjacent to an activating group) is 1. The summed E-state index contributed by atoms with van der Waals surface area (Å²) in [6, 6.07) is 6.99. The molecule has 0 aromatic heterocycles. The SMILES string of the molecule is CCOCCN1C(=O)C2C(N=C3N(Cc4ccc(OC)cc4)C(C)=C(C)N32)N(C)C1=O. The van der Waals surface area contributed by atoms with E-state index in [1.165, 1.54) is 4.90 Å². The minimum Gasteiger partial charge on any atom is -0.497 e. The van der Waals surface area contributed by atoms with Crippen LogP contribution in [0.15, 0.2) is 40.7 Å². The molecule has 0 N–H and O–H groups in total. The van der Waals surface area contributed by atoms with E-state index in [9.17, 15) is 9.59 Å². The number of carbonyl (C=O) groups excluding carboxylic acids is 2. The van der Waals surface area contributed by atoms with Crippen LogP contribution in [0.2, 0.25) is 0 Å². The first kappa shape index (κ1) is 21.2. The van der Waals surface area contributed by atoms with Crippen LogP contribution >= 0.6 is 0 Å². The summed E-state index contributed by atoms with van der Waals surface area (Å²) in [5, 5.41) is 0. The molecule has 31 heavy (non-hydrogen) atoms. The topological polar surface area (TPSA) is 77.9 Å². The van der Waals surface area contributed by atoms with E-state index in [2.05, 4.69) is 4.90 Å². The number of imide groups is 1. The van der Waals surface area contributed by atoms with Gasteiger partial charge in [-0.2, -0.15) is 0 Å². The molecule has 0 radical (unpaired) electrons. The Balaban J connectivity index is 1.60. The van der Waals surface area contributed by atoms with Crippen molar-refractivity contribution in [2.45, 2.75) is 39.5 Å².